The van der Waals surface area contributed by atoms with Crippen molar-refractivity contribution < 1.29 is 14.3 Å². The standard InChI is InChI=1S/C21H20N2O3S2/c1-3-26-17-11-9-16(10-12-17)22-19(24)14(2)23-20(25)18(28-21(23)27)13-15-7-5-4-6-8-15/h4-14H,3H2,1-2H3,(H,22,24)/b18-13-. The minimum atomic E-state index is -0.722. The Bertz CT molecular complexity index is 911. The lowest BCUT2D eigenvalue weighted by atomic mass is 10.2. The van der Waals surface area contributed by atoms with Gasteiger partial charge in [0.05, 0.1) is 11.5 Å². The van der Waals surface area contributed by atoms with Crippen LogP contribution >= 0.6 is 24.0 Å². The second-order valence-electron chi connectivity index (χ2n) is 6.09. The Kier molecular flexibility index (Phi) is 6.49. The lowest BCUT2D eigenvalue weighted by Crippen LogP contribution is -2.44. The van der Waals surface area contributed by atoms with Crippen LogP contribution in [0.25, 0.3) is 6.08 Å². The van der Waals surface area contributed by atoms with Crippen molar-refractivity contribution in [2.45, 2.75) is 19.9 Å². The molecule has 1 aliphatic rings. The van der Waals surface area contributed by atoms with Gasteiger partial charge in [0.15, 0.2) is 0 Å². The molecule has 0 spiro atoms. The summed E-state index contributed by atoms with van der Waals surface area (Å²) in [5, 5.41) is 2.82. The van der Waals surface area contributed by atoms with E-state index in [1.54, 1.807) is 37.3 Å². The zero-order valence-corrected chi connectivity index (χ0v) is 17.2. The molecule has 0 aliphatic carbocycles. The molecule has 2 aromatic carbocycles. The van der Waals surface area contributed by atoms with Crippen molar-refractivity contribution in [2.75, 3.05) is 11.9 Å². The summed E-state index contributed by atoms with van der Waals surface area (Å²) < 4.78 is 5.77. The number of hydrogen-bond acceptors (Lipinski definition) is 5. The van der Waals surface area contributed by atoms with E-state index in [4.69, 9.17) is 17.0 Å². The molecule has 1 saturated heterocycles. The average molecular weight is 413 g/mol. The van der Waals surface area contributed by atoms with Gasteiger partial charge in [-0.3, -0.25) is 14.5 Å². The summed E-state index contributed by atoms with van der Waals surface area (Å²) >= 11 is 6.56. The lowest BCUT2D eigenvalue weighted by Gasteiger charge is -2.22. The molecule has 5 nitrogen and oxygen atoms in total. The third kappa shape index (κ3) is 4.61. The van der Waals surface area contributed by atoms with Gasteiger partial charge in [0.25, 0.3) is 5.91 Å². The monoisotopic (exact) mass is 412 g/mol. The van der Waals surface area contributed by atoms with Crippen molar-refractivity contribution in [2.24, 2.45) is 0 Å². The number of nitrogens with one attached hydrogen (secondary N) is 1. The molecule has 1 N–H and O–H groups in total. The Morgan fingerprint density at radius 3 is 2.54 bits per heavy atom. The highest BCUT2D eigenvalue weighted by Gasteiger charge is 2.38. The van der Waals surface area contributed by atoms with E-state index in [0.29, 0.717) is 21.5 Å². The molecule has 28 heavy (non-hydrogen) atoms. The molecule has 0 bridgehead atoms. The van der Waals surface area contributed by atoms with Crippen molar-refractivity contribution in [3.05, 3.63) is 65.1 Å². The van der Waals surface area contributed by atoms with Gasteiger partial charge in [0.1, 0.15) is 16.1 Å². The van der Waals surface area contributed by atoms with E-state index in [9.17, 15) is 9.59 Å². The molecule has 3 rings (SSSR count). The zero-order chi connectivity index (χ0) is 20.1. The molecule has 2 aromatic rings. The summed E-state index contributed by atoms with van der Waals surface area (Å²) in [5.41, 5.74) is 1.54. The van der Waals surface area contributed by atoms with Crippen LogP contribution in [-0.4, -0.2) is 33.7 Å². The molecular weight excluding hydrogens is 392 g/mol. The van der Waals surface area contributed by atoms with Crippen molar-refractivity contribution in [3.63, 3.8) is 0 Å². The van der Waals surface area contributed by atoms with Crippen LogP contribution in [-0.2, 0) is 9.59 Å². The minimum absolute atomic E-state index is 0.256. The first-order valence-corrected chi connectivity index (χ1v) is 10.1. The maximum absolute atomic E-state index is 12.8. The van der Waals surface area contributed by atoms with Gasteiger partial charge >= 0.3 is 0 Å². The highest BCUT2D eigenvalue weighted by molar-refractivity contribution is 8.26. The molecule has 1 unspecified atom stereocenters. The van der Waals surface area contributed by atoms with Gasteiger partial charge in [-0.05, 0) is 49.8 Å². The Morgan fingerprint density at radius 1 is 1.21 bits per heavy atom. The normalized spacial score (nSPS) is 16.4. The molecule has 0 aromatic heterocycles. The predicted octanol–water partition coefficient (Wildman–Crippen LogP) is 4.31. The van der Waals surface area contributed by atoms with E-state index in [0.717, 1.165) is 11.3 Å². The molecule has 144 valence electrons. The quantitative estimate of drug-likeness (QED) is 0.566. The van der Waals surface area contributed by atoms with Crippen molar-refractivity contribution in [3.8, 4) is 5.75 Å². The van der Waals surface area contributed by atoms with Gasteiger partial charge in [-0.2, -0.15) is 0 Å². The number of rotatable bonds is 6. The Balaban J connectivity index is 1.69. The molecule has 0 radical (unpaired) electrons. The number of benzene rings is 2. The largest absolute Gasteiger partial charge is 0.494 e. The smallest absolute Gasteiger partial charge is 0.266 e. The second-order valence-corrected chi connectivity index (χ2v) is 7.76. The SMILES string of the molecule is CCOc1ccc(NC(=O)C(C)N2C(=O)/C(=C/c3ccccc3)SC2=S)cc1. The topological polar surface area (TPSA) is 58.6 Å². The number of ether oxygens (including phenoxy) is 1. The maximum atomic E-state index is 12.8. The Labute approximate surface area is 173 Å². The second kappa shape index (κ2) is 9.03. The number of thiocarbonyl (C=S) groups is 1. The number of anilines is 1. The maximum Gasteiger partial charge on any atom is 0.266 e. The molecular formula is C21H20N2O3S2. The van der Waals surface area contributed by atoms with Crippen LogP contribution in [0.15, 0.2) is 59.5 Å². The number of carbonyl (C=O) groups is 2. The molecule has 1 aliphatic heterocycles. The first-order chi connectivity index (χ1) is 13.5. The lowest BCUT2D eigenvalue weighted by molar-refractivity contribution is -0.129. The third-order valence-corrected chi connectivity index (χ3v) is 5.45. The fourth-order valence-corrected chi connectivity index (χ4v) is 4.10. The van der Waals surface area contributed by atoms with Gasteiger partial charge < -0.3 is 10.1 Å². The van der Waals surface area contributed by atoms with Gasteiger partial charge in [-0.15, -0.1) is 0 Å². The summed E-state index contributed by atoms with van der Waals surface area (Å²) in [7, 11) is 0. The zero-order valence-electron chi connectivity index (χ0n) is 15.5. The van der Waals surface area contributed by atoms with E-state index >= 15 is 0 Å². The van der Waals surface area contributed by atoms with E-state index in [-0.39, 0.29) is 11.8 Å². The van der Waals surface area contributed by atoms with Crippen LogP contribution in [0.3, 0.4) is 0 Å². The first-order valence-electron chi connectivity index (χ1n) is 8.85. The highest BCUT2D eigenvalue weighted by atomic mass is 32.2. The summed E-state index contributed by atoms with van der Waals surface area (Å²) in [6, 6.07) is 15.9. The van der Waals surface area contributed by atoms with Gasteiger partial charge in [-0.1, -0.05) is 54.3 Å². The van der Waals surface area contributed by atoms with Crippen LogP contribution < -0.4 is 10.1 Å². The summed E-state index contributed by atoms with van der Waals surface area (Å²) in [4.78, 5) is 27.3. The van der Waals surface area contributed by atoms with E-state index in [1.807, 2.05) is 37.3 Å². The highest BCUT2D eigenvalue weighted by Crippen LogP contribution is 2.34. The van der Waals surface area contributed by atoms with Gasteiger partial charge in [0.2, 0.25) is 5.91 Å². The van der Waals surface area contributed by atoms with Crippen LogP contribution in [0.4, 0.5) is 5.69 Å². The number of amides is 2. The number of carbonyl (C=O) groups excluding carboxylic acids is 2. The predicted molar refractivity (Wildman–Crippen MR) is 117 cm³/mol. The van der Waals surface area contributed by atoms with E-state index < -0.39 is 6.04 Å². The molecule has 2 amide bonds. The van der Waals surface area contributed by atoms with E-state index in [1.165, 1.54) is 16.7 Å². The summed E-state index contributed by atoms with van der Waals surface area (Å²) in [5.74, 6) is 0.172. The van der Waals surface area contributed by atoms with Crippen molar-refractivity contribution >= 4 is 51.9 Å². The van der Waals surface area contributed by atoms with Gasteiger partial charge in [-0.25, -0.2) is 0 Å². The number of hydrogen-bond donors (Lipinski definition) is 1. The molecule has 1 atom stereocenters. The molecule has 7 heteroatoms. The van der Waals surface area contributed by atoms with Crippen molar-refractivity contribution in [1.82, 2.24) is 4.90 Å². The number of nitrogens with zero attached hydrogens (tertiary/aromatic N) is 1. The fraction of sp³-hybridized carbons (Fsp3) is 0.190. The third-order valence-electron chi connectivity index (χ3n) is 4.12. The van der Waals surface area contributed by atoms with E-state index in [2.05, 4.69) is 5.32 Å². The van der Waals surface area contributed by atoms with Crippen LogP contribution in [0, 0.1) is 0 Å². The van der Waals surface area contributed by atoms with Crippen LogP contribution in [0.1, 0.15) is 19.4 Å². The Hall–Kier alpha value is -2.64. The van der Waals surface area contributed by atoms with Gasteiger partial charge in [0, 0.05) is 5.69 Å². The van der Waals surface area contributed by atoms with Crippen LogP contribution in [0.5, 0.6) is 5.75 Å². The minimum Gasteiger partial charge on any atom is -0.494 e. The molecule has 1 fully saturated rings. The van der Waals surface area contributed by atoms with Crippen molar-refractivity contribution in [1.29, 1.82) is 0 Å². The summed E-state index contributed by atoms with van der Waals surface area (Å²) in [6.07, 6.45) is 1.79. The first kappa shape index (κ1) is 20.1. The average Bonchev–Trinajstić information content (AvgIpc) is 2.97. The number of thioether (sulfide) groups is 1. The fourth-order valence-electron chi connectivity index (χ4n) is 2.68. The molecule has 0 saturated carbocycles. The molecule has 1 heterocycles. The summed E-state index contributed by atoms with van der Waals surface area (Å²) in [6.45, 7) is 4.15. The Morgan fingerprint density at radius 2 is 1.89 bits per heavy atom. The van der Waals surface area contributed by atoms with Crippen LogP contribution in [0.2, 0.25) is 0 Å².